The van der Waals surface area contributed by atoms with Crippen LogP contribution in [0.4, 0.5) is 4.39 Å². The Morgan fingerprint density at radius 2 is 1.85 bits per heavy atom. The van der Waals surface area contributed by atoms with Crippen LogP contribution in [0, 0.1) is 12.7 Å². The van der Waals surface area contributed by atoms with Crippen LogP contribution in [0.3, 0.4) is 0 Å². The topological polar surface area (TPSA) is 9.23 Å². The van der Waals surface area contributed by atoms with Crippen LogP contribution in [0.5, 0.6) is 0 Å². The number of thiophene rings is 1. The number of rotatable bonds is 4. The zero-order valence-electron chi connectivity index (χ0n) is 15.9. The van der Waals surface area contributed by atoms with Crippen LogP contribution < -0.4 is 0 Å². The van der Waals surface area contributed by atoms with Gasteiger partial charge < -0.3 is 4.74 Å². The first-order valence-electron chi connectivity index (χ1n) is 9.68. The Kier molecular flexibility index (Phi) is 5.42. The minimum atomic E-state index is -0.192. The molecule has 2 heterocycles. The van der Waals surface area contributed by atoms with Crippen LogP contribution in [0.1, 0.15) is 53.9 Å². The Morgan fingerprint density at radius 3 is 2.63 bits per heavy atom. The molecule has 0 saturated carbocycles. The van der Waals surface area contributed by atoms with Crippen molar-refractivity contribution >= 4 is 11.3 Å². The Labute approximate surface area is 164 Å². The van der Waals surface area contributed by atoms with Crippen molar-refractivity contribution in [3.05, 3.63) is 82.0 Å². The molecule has 0 bridgehead atoms. The molecule has 1 nitrogen and oxygen atoms in total. The predicted octanol–water partition coefficient (Wildman–Crippen LogP) is 7.08. The average Bonchev–Trinajstić information content (AvgIpc) is 3.13. The third kappa shape index (κ3) is 4.31. The molecule has 1 fully saturated rings. The molecule has 0 N–H and O–H groups in total. The van der Waals surface area contributed by atoms with E-state index in [1.165, 1.54) is 45.0 Å². The van der Waals surface area contributed by atoms with Crippen LogP contribution in [-0.4, -0.2) is 6.10 Å². The summed E-state index contributed by atoms with van der Waals surface area (Å²) in [5.74, 6) is -0.192. The molecule has 0 amide bonds. The lowest BCUT2D eigenvalue weighted by Crippen LogP contribution is -2.19. The van der Waals surface area contributed by atoms with Gasteiger partial charge in [0, 0.05) is 16.2 Å². The van der Waals surface area contributed by atoms with Crippen molar-refractivity contribution < 1.29 is 9.13 Å². The highest BCUT2D eigenvalue weighted by Gasteiger charge is 2.21. The van der Waals surface area contributed by atoms with E-state index in [1.54, 1.807) is 11.3 Å². The highest BCUT2D eigenvalue weighted by Crippen LogP contribution is 2.34. The van der Waals surface area contributed by atoms with Gasteiger partial charge in [-0.25, -0.2) is 4.39 Å². The van der Waals surface area contributed by atoms with Crippen LogP contribution in [0.25, 0.3) is 10.4 Å². The molecule has 4 rings (SSSR count). The van der Waals surface area contributed by atoms with E-state index >= 15 is 0 Å². The molecule has 1 unspecified atom stereocenters. The van der Waals surface area contributed by atoms with Gasteiger partial charge in [-0.05, 0) is 79.6 Å². The molecule has 0 radical (unpaired) electrons. The van der Waals surface area contributed by atoms with Crippen molar-refractivity contribution in [2.24, 2.45) is 0 Å². The fraction of sp³-hybridized carbons (Fsp3) is 0.333. The van der Waals surface area contributed by atoms with Gasteiger partial charge in [-0.15, -0.1) is 11.3 Å². The van der Waals surface area contributed by atoms with Gasteiger partial charge in [-0.3, -0.25) is 0 Å². The highest BCUT2D eigenvalue weighted by atomic mass is 32.1. The maximum Gasteiger partial charge on any atom is 0.123 e. The summed E-state index contributed by atoms with van der Waals surface area (Å²) in [7, 11) is 0. The standard InChI is InChI=1S/C24H25FOS/c1-16-6-7-19(23-5-3-4-17(2)26-23)14-20(16)15-22-12-13-24(27-22)18-8-10-21(25)11-9-18/h6-14,17,23H,3-5,15H2,1-2H3/t17?,23-/m0/s1. The Balaban J connectivity index is 1.54. The second kappa shape index (κ2) is 7.95. The third-order valence-corrected chi connectivity index (χ3v) is 6.51. The van der Waals surface area contributed by atoms with E-state index in [0.29, 0.717) is 6.10 Å². The molecule has 3 aromatic rings. The quantitative estimate of drug-likeness (QED) is 0.470. The summed E-state index contributed by atoms with van der Waals surface area (Å²) in [5.41, 5.74) is 5.06. The second-order valence-corrected chi connectivity index (χ2v) is 8.67. The molecule has 0 aliphatic carbocycles. The molecule has 3 heteroatoms. The predicted molar refractivity (Wildman–Crippen MR) is 111 cm³/mol. The third-order valence-electron chi connectivity index (χ3n) is 5.37. The first-order valence-corrected chi connectivity index (χ1v) is 10.5. The zero-order valence-corrected chi connectivity index (χ0v) is 16.7. The number of ether oxygens (including phenoxy) is 1. The van der Waals surface area contributed by atoms with Crippen molar-refractivity contribution in [1.29, 1.82) is 0 Å². The van der Waals surface area contributed by atoms with Crippen molar-refractivity contribution in [2.45, 2.75) is 51.7 Å². The van der Waals surface area contributed by atoms with E-state index < -0.39 is 0 Å². The van der Waals surface area contributed by atoms with Gasteiger partial charge in [0.05, 0.1) is 12.2 Å². The van der Waals surface area contributed by atoms with E-state index in [-0.39, 0.29) is 11.9 Å². The number of hydrogen-bond donors (Lipinski definition) is 0. The van der Waals surface area contributed by atoms with Crippen molar-refractivity contribution in [3.8, 4) is 10.4 Å². The molecule has 1 aromatic heterocycles. The monoisotopic (exact) mass is 380 g/mol. The van der Waals surface area contributed by atoms with Gasteiger partial charge in [0.15, 0.2) is 0 Å². The lowest BCUT2D eigenvalue weighted by Gasteiger charge is -2.28. The Hall–Kier alpha value is -1.97. The second-order valence-electron chi connectivity index (χ2n) is 7.50. The molecule has 1 aliphatic heterocycles. The minimum absolute atomic E-state index is 0.192. The first kappa shape index (κ1) is 18.4. The van der Waals surface area contributed by atoms with E-state index in [0.717, 1.165) is 24.8 Å². The molecule has 2 atom stereocenters. The van der Waals surface area contributed by atoms with Crippen molar-refractivity contribution in [1.82, 2.24) is 0 Å². The largest absolute Gasteiger partial charge is 0.371 e. The van der Waals surface area contributed by atoms with Crippen molar-refractivity contribution in [2.75, 3.05) is 0 Å². The van der Waals surface area contributed by atoms with Gasteiger partial charge in [0.1, 0.15) is 5.82 Å². The van der Waals surface area contributed by atoms with E-state index in [2.05, 4.69) is 44.2 Å². The molecular formula is C24H25FOS. The summed E-state index contributed by atoms with van der Waals surface area (Å²) in [4.78, 5) is 2.51. The van der Waals surface area contributed by atoms with Gasteiger partial charge in [-0.2, -0.15) is 0 Å². The summed E-state index contributed by atoms with van der Waals surface area (Å²) >= 11 is 1.78. The van der Waals surface area contributed by atoms with Crippen LogP contribution in [0.2, 0.25) is 0 Å². The summed E-state index contributed by atoms with van der Waals surface area (Å²) in [6.07, 6.45) is 5.02. The fourth-order valence-electron chi connectivity index (χ4n) is 3.76. The summed E-state index contributed by atoms with van der Waals surface area (Å²) < 4.78 is 19.3. The lowest BCUT2D eigenvalue weighted by molar-refractivity contribution is -0.0414. The number of benzene rings is 2. The van der Waals surface area contributed by atoms with E-state index in [4.69, 9.17) is 4.74 Å². The maximum absolute atomic E-state index is 13.1. The fourth-order valence-corrected chi connectivity index (χ4v) is 4.80. The van der Waals surface area contributed by atoms with Crippen molar-refractivity contribution in [3.63, 3.8) is 0 Å². The normalized spacial score (nSPS) is 20.0. The van der Waals surface area contributed by atoms with Crippen LogP contribution in [0.15, 0.2) is 54.6 Å². The molecular weight excluding hydrogens is 355 g/mol. The SMILES string of the molecule is Cc1ccc([C@@H]2CCCC(C)O2)cc1Cc1ccc(-c2ccc(F)cc2)s1. The molecule has 1 saturated heterocycles. The summed E-state index contributed by atoms with van der Waals surface area (Å²) in [6.45, 7) is 4.35. The molecule has 140 valence electrons. The van der Waals surface area contributed by atoms with Gasteiger partial charge in [0.2, 0.25) is 0 Å². The minimum Gasteiger partial charge on any atom is -0.371 e. The maximum atomic E-state index is 13.1. The number of aryl methyl sites for hydroxylation is 1. The first-order chi connectivity index (χ1) is 13.1. The summed E-state index contributed by atoms with van der Waals surface area (Å²) in [5, 5.41) is 0. The van der Waals surface area contributed by atoms with Gasteiger partial charge in [0.25, 0.3) is 0 Å². The van der Waals surface area contributed by atoms with Crippen LogP contribution in [-0.2, 0) is 11.2 Å². The molecule has 2 aromatic carbocycles. The number of hydrogen-bond acceptors (Lipinski definition) is 2. The van der Waals surface area contributed by atoms with Gasteiger partial charge >= 0.3 is 0 Å². The van der Waals surface area contributed by atoms with E-state index in [9.17, 15) is 4.39 Å². The lowest BCUT2D eigenvalue weighted by atomic mass is 9.94. The Morgan fingerprint density at radius 1 is 1.04 bits per heavy atom. The molecule has 0 spiro atoms. The highest BCUT2D eigenvalue weighted by molar-refractivity contribution is 7.15. The molecule has 1 aliphatic rings. The number of halogens is 1. The average molecular weight is 381 g/mol. The Bertz CT molecular complexity index is 912. The molecule has 27 heavy (non-hydrogen) atoms. The van der Waals surface area contributed by atoms with Crippen LogP contribution >= 0.6 is 11.3 Å². The summed E-state index contributed by atoms with van der Waals surface area (Å²) in [6, 6.07) is 17.8. The van der Waals surface area contributed by atoms with E-state index in [1.807, 2.05) is 12.1 Å². The zero-order chi connectivity index (χ0) is 18.8. The van der Waals surface area contributed by atoms with Gasteiger partial charge in [-0.1, -0.05) is 30.3 Å². The smallest absolute Gasteiger partial charge is 0.123 e.